The molecule has 1 aliphatic rings. The first-order valence-corrected chi connectivity index (χ1v) is 7.66. The van der Waals surface area contributed by atoms with Crippen molar-refractivity contribution >= 4 is 5.69 Å². The number of alkyl halides is 3. The maximum Gasteiger partial charge on any atom is 0.418 e. The van der Waals surface area contributed by atoms with Gasteiger partial charge in [-0.05, 0) is 37.1 Å². The van der Waals surface area contributed by atoms with Gasteiger partial charge in [0.15, 0.2) is 6.10 Å². The van der Waals surface area contributed by atoms with Crippen molar-refractivity contribution in [2.75, 3.05) is 37.6 Å². The molecular weight excluding hydrogens is 293 g/mol. The summed E-state index contributed by atoms with van der Waals surface area (Å²) in [7, 11) is 0. The van der Waals surface area contributed by atoms with Gasteiger partial charge in [-0.1, -0.05) is 19.1 Å². The van der Waals surface area contributed by atoms with Gasteiger partial charge in [0, 0.05) is 31.9 Å². The van der Waals surface area contributed by atoms with Gasteiger partial charge in [-0.3, -0.25) is 4.90 Å². The van der Waals surface area contributed by atoms with E-state index in [-0.39, 0.29) is 5.56 Å². The maximum atomic E-state index is 12.8. The molecule has 3 nitrogen and oxygen atoms in total. The van der Waals surface area contributed by atoms with Crippen LogP contribution in [-0.4, -0.2) is 48.9 Å². The maximum absolute atomic E-state index is 12.8. The van der Waals surface area contributed by atoms with Crippen LogP contribution in [0, 0.1) is 6.92 Å². The van der Waals surface area contributed by atoms with Crippen LogP contribution in [0.3, 0.4) is 0 Å². The van der Waals surface area contributed by atoms with Crippen LogP contribution in [0.25, 0.3) is 0 Å². The van der Waals surface area contributed by atoms with Gasteiger partial charge in [-0.25, -0.2) is 0 Å². The van der Waals surface area contributed by atoms with Crippen molar-refractivity contribution in [2.45, 2.75) is 32.5 Å². The highest BCUT2D eigenvalue weighted by Gasteiger charge is 2.40. The van der Waals surface area contributed by atoms with Crippen LogP contribution >= 0.6 is 0 Å². The average molecular weight is 316 g/mol. The summed E-state index contributed by atoms with van der Waals surface area (Å²) in [6.07, 6.45) is -5.95. The second-order valence-corrected chi connectivity index (χ2v) is 5.76. The first-order valence-electron chi connectivity index (χ1n) is 7.66. The summed E-state index contributed by atoms with van der Waals surface area (Å²) in [6, 6.07) is 4.77. The molecule has 1 aromatic carbocycles. The summed E-state index contributed by atoms with van der Waals surface area (Å²) in [5.74, 6) is 0. The van der Waals surface area contributed by atoms with E-state index >= 15 is 0 Å². The normalized spacial score (nSPS) is 18.5. The quantitative estimate of drug-likeness (QED) is 0.924. The molecule has 1 fully saturated rings. The van der Waals surface area contributed by atoms with Crippen LogP contribution in [0.2, 0.25) is 0 Å². The lowest BCUT2D eigenvalue weighted by molar-refractivity contribution is -0.206. The van der Waals surface area contributed by atoms with Crippen LogP contribution in [0.5, 0.6) is 0 Å². The van der Waals surface area contributed by atoms with E-state index in [1.54, 1.807) is 13.0 Å². The molecule has 0 saturated carbocycles. The summed E-state index contributed by atoms with van der Waals surface area (Å²) in [5, 5.41) is 9.52. The van der Waals surface area contributed by atoms with E-state index in [0.717, 1.165) is 44.8 Å². The predicted octanol–water partition coefficient (Wildman–Crippen LogP) is 3.12. The molecule has 1 atom stereocenters. The Morgan fingerprint density at radius 2 is 1.82 bits per heavy atom. The first-order chi connectivity index (χ1) is 10.3. The smallest absolute Gasteiger partial charge is 0.379 e. The number of nitrogens with zero attached hydrogens (tertiary/aromatic N) is 2. The second kappa shape index (κ2) is 6.87. The fourth-order valence-electron chi connectivity index (χ4n) is 2.98. The van der Waals surface area contributed by atoms with Crippen molar-refractivity contribution in [3.8, 4) is 0 Å². The highest BCUT2D eigenvalue weighted by atomic mass is 19.4. The topological polar surface area (TPSA) is 26.7 Å². The lowest BCUT2D eigenvalue weighted by Crippen LogP contribution is -2.46. The van der Waals surface area contributed by atoms with Crippen LogP contribution in [0.15, 0.2) is 18.2 Å². The van der Waals surface area contributed by atoms with Crippen LogP contribution in [0.1, 0.15) is 30.6 Å². The second-order valence-electron chi connectivity index (χ2n) is 5.76. The molecule has 22 heavy (non-hydrogen) atoms. The largest absolute Gasteiger partial charge is 0.418 e. The number of piperazine rings is 1. The monoisotopic (exact) mass is 316 g/mol. The average Bonchev–Trinajstić information content (AvgIpc) is 2.47. The molecule has 1 saturated heterocycles. The third kappa shape index (κ3) is 3.73. The highest BCUT2D eigenvalue weighted by Crippen LogP contribution is 2.36. The van der Waals surface area contributed by atoms with Gasteiger partial charge < -0.3 is 10.0 Å². The molecule has 1 N–H and O–H groups in total. The Morgan fingerprint density at radius 1 is 1.18 bits per heavy atom. The molecule has 1 aromatic rings. The van der Waals surface area contributed by atoms with E-state index in [9.17, 15) is 18.3 Å². The van der Waals surface area contributed by atoms with E-state index in [1.165, 1.54) is 6.07 Å². The number of aliphatic hydroxyl groups is 1. The number of halogens is 3. The van der Waals surface area contributed by atoms with E-state index in [2.05, 4.69) is 16.7 Å². The van der Waals surface area contributed by atoms with Crippen molar-refractivity contribution in [2.24, 2.45) is 0 Å². The number of hydrogen-bond acceptors (Lipinski definition) is 3. The predicted molar refractivity (Wildman–Crippen MR) is 81.1 cm³/mol. The Hall–Kier alpha value is -1.27. The van der Waals surface area contributed by atoms with Gasteiger partial charge in [-0.15, -0.1) is 0 Å². The summed E-state index contributed by atoms with van der Waals surface area (Å²) in [5.41, 5.74) is 1.24. The molecule has 1 aliphatic heterocycles. The molecule has 2 rings (SSSR count). The summed E-state index contributed by atoms with van der Waals surface area (Å²) in [4.78, 5) is 4.47. The molecule has 0 radical (unpaired) electrons. The highest BCUT2D eigenvalue weighted by molar-refractivity contribution is 5.57. The van der Waals surface area contributed by atoms with E-state index in [0.29, 0.717) is 5.56 Å². The molecule has 1 heterocycles. The summed E-state index contributed by atoms with van der Waals surface area (Å²) >= 11 is 0. The Balaban J connectivity index is 2.16. The zero-order valence-electron chi connectivity index (χ0n) is 13.0. The van der Waals surface area contributed by atoms with Crippen molar-refractivity contribution in [1.29, 1.82) is 0 Å². The zero-order valence-corrected chi connectivity index (χ0v) is 13.0. The van der Waals surface area contributed by atoms with Crippen LogP contribution in [-0.2, 0) is 0 Å². The number of rotatable bonds is 4. The minimum Gasteiger partial charge on any atom is -0.379 e. The molecule has 0 aliphatic carbocycles. The van der Waals surface area contributed by atoms with Crippen molar-refractivity contribution in [3.63, 3.8) is 0 Å². The van der Waals surface area contributed by atoms with Gasteiger partial charge in [0.2, 0.25) is 0 Å². The molecule has 6 heteroatoms. The van der Waals surface area contributed by atoms with Gasteiger partial charge in [0.25, 0.3) is 0 Å². The lowest BCUT2D eigenvalue weighted by atomic mass is 10.00. The SMILES string of the molecule is CCCN1CCN(c2cccc(C(O)C(F)(F)F)c2C)CC1. The molecule has 1 unspecified atom stereocenters. The van der Waals surface area contributed by atoms with Crippen molar-refractivity contribution in [1.82, 2.24) is 4.90 Å². The fraction of sp³-hybridized carbons (Fsp3) is 0.625. The summed E-state index contributed by atoms with van der Waals surface area (Å²) in [6.45, 7) is 8.27. The molecule has 0 aromatic heterocycles. The Labute approximate surface area is 129 Å². The van der Waals surface area contributed by atoms with E-state index in [1.807, 2.05) is 6.07 Å². The first kappa shape index (κ1) is 17.1. The third-order valence-corrected chi connectivity index (χ3v) is 4.20. The van der Waals surface area contributed by atoms with E-state index < -0.39 is 12.3 Å². The number of aliphatic hydroxyl groups excluding tert-OH is 1. The fourth-order valence-corrected chi connectivity index (χ4v) is 2.98. The Kier molecular flexibility index (Phi) is 5.34. The minimum atomic E-state index is -4.64. The van der Waals surface area contributed by atoms with Crippen molar-refractivity contribution in [3.05, 3.63) is 29.3 Å². The molecule has 0 amide bonds. The molecule has 0 spiro atoms. The summed E-state index contributed by atoms with van der Waals surface area (Å²) < 4.78 is 38.3. The number of benzene rings is 1. The van der Waals surface area contributed by atoms with Gasteiger partial charge in [0.1, 0.15) is 0 Å². The van der Waals surface area contributed by atoms with Gasteiger partial charge >= 0.3 is 6.18 Å². The van der Waals surface area contributed by atoms with Gasteiger partial charge in [0.05, 0.1) is 0 Å². The molecule has 124 valence electrons. The van der Waals surface area contributed by atoms with Crippen molar-refractivity contribution < 1.29 is 18.3 Å². The molecular formula is C16H23F3N2O. The molecule has 0 bridgehead atoms. The van der Waals surface area contributed by atoms with Gasteiger partial charge in [-0.2, -0.15) is 13.2 Å². The third-order valence-electron chi connectivity index (χ3n) is 4.20. The van der Waals surface area contributed by atoms with Crippen LogP contribution < -0.4 is 4.90 Å². The Morgan fingerprint density at radius 3 is 2.36 bits per heavy atom. The van der Waals surface area contributed by atoms with E-state index in [4.69, 9.17) is 0 Å². The standard InChI is InChI=1S/C16H23F3N2O/c1-3-7-20-8-10-21(11-9-20)14-6-4-5-13(12(14)2)15(22)16(17,18)19/h4-6,15,22H,3,7-11H2,1-2H3. The van der Waals surface area contributed by atoms with Crippen LogP contribution in [0.4, 0.5) is 18.9 Å². The zero-order chi connectivity index (χ0) is 16.3. The Bertz CT molecular complexity index is 497. The lowest BCUT2D eigenvalue weighted by Gasteiger charge is -2.37. The number of anilines is 1. The number of hydrogen-bond donors (Lipinski definition) is 1. The minimum absolute atomic E-state index is 0.0546.